The summed E-state index contributed by atoms with van der Waals surface area (Å²) in [6, 6.07) is 0. The highest BCUT2D eigenvalue weighted by molar-refractivity contribution is 5.77. The Balaban J connectivity index is 1.66. The standard InChI is InChI=1S/C12H17N3O/c1-12(3-4-12)6-11(16)15-5-2-9-10(7-15)14-8-13-9/h8H,2-7H2,1H3,(H,13,14). The maximum absolute atomic E-state index is 12.1. The minimum atomic E-state index is 0.306. The number of fused-ring (bicyclic) bond motifs is 1. The topological polar surface area (TPSA) is 49.0 Å². The third-order valence-corrected chi connectivity index (χ3v) is 3.81. The van der Waals surface area contributed by atoms with Gasteiger partial charge in [-0.25, -0.2) is 4.98 Å². The number of hydrogen-bond acceptors (Lipinski definition) is 2. The Morgan fingerprint density at radius 1 is 1.62 bits per heavy atom. The molecule has 0 atom stereocenters. The third-order valence-electron chi connectivity index (χ3n) is 3.81. The van der Waals surface area contributed by atoms with E-state index in [4.69, 9.17) is 0 Å². The highest BCUT2D eigenvalue weighted by atomic mass is 16.2. The smallest absolute Gasteiger partial charge is 0.223 e. The molecule has 0 aromatic carbocycles. The summed E-state index contributed by atoms with van der Waals surface area (Å²) >= 11 is 0. The van der Waals surface area contributed by atoms with Crippen LogP contribution >= 0.6 is 0 Å². The van der Waals surface area contributed by atoms with Crippen LogP contribution in [0.1, 0.15) is 37.6 Å². The Hall–Kier alpha value is -1.32. The summed E-state index contributed by atoms with van der Waals surface area (Å²) in [4.78, 5) is 21.4. The van der Waals surface area contributed by atoms with E-state index in [9.17, 15) is 4.79 Å². The summed E-state index contributed by atoms with van der Waals surface area (Å²) in [5.41, 5.74) is 2.55. The van der Waals surface area contributed by atoms with E-state index in [0.29, 0.717) is 17.9 Å². The van der Waals surface area contributed by atoms with Gasteiger partial charge in [0, 0.05) is 19.4 Å². The largest absolute Gasteiger partial charge is 0.347 e. The van der Waals surface area contributed by atoms with E-state index in [1.165, 1.54) is 12.8 Å². The van der Waals surface area contributed by atoms with E-state index in [2.05, 4.69) is 16.9 Å². The molecule has 1 saturated carbocycles. The Labute approximate surface area is 95.1 Å². The number of rotatable bonds is 2. The van der Waals surface area contributed by atoms with Gasteiger partial charge in [0.1, 0.15) is 0 Å². The van der Waals surface area contributed by atoms with Crippen molar-refractivity contribution >= 4 is 5.91 Å². The van der Waals surface area contributed by atoms with Gasteiger partial charge in [-0.15, -0.1) is 0 Å². The normalized spacial score (nSPS) is 21.7. The van der Waals surface area contributed by atoms with Crippen molar-refractivity contribution in [3.05, 3.63) is 17.7 Å². The van der Waals surface area contributed by atoms with Crippen molar-refractivity contribution in [1.29, 1.82) is 0 Å². The van der Waals surface area contributed by atoms with Crippen molar-refractivity contribution in [1.82, 2.24) is 14.9 Å². The number of H-pyrrole nitrogens is 1. The van der Waals surface area contributed by atoms with Crippen molar-refractivity contribution in [2.45, 2.75) is 39.2 Å². The highest BCUT2D eigenvalue weighted by Gasteiger charge is 2.40. The van der Waals surface area contributed by atoms with Crippen LogP contribution in [0.5, 0.6) is 0 Å². The van der Waals surface area contributed by atoms with Crippen LogP contribution < -0.4 is 0 Å². The summed E-state index contributed by atoms with van der Waals surface area (Å²) < 4.78 is 0. The molecule has 1 aliphatic heterocycles. The lowest BCUT2D eigenvalue weighted by Gasteiger charge is -2.27. The second kappa shape index (κ2) is 3.34. The monoisotopic (exact) mass is 219 g/mol. The summed E-state index contributed by atoms with van der Waals surface area (Å²) in [7, 11) is 0. The first-order chi connectivity index (χ1) is 7.66. The molecule has 1 amide bonds. The fourth-order valence-electron chi connectivity index (χ4n) is 2.29. The number of aromatic amines is 1. The predicted octanol–water partition coefficient (Wildman–Crippen LogP) is 1.48. The maximum atomic E-state index is 12.1. The first-order valence-electron chi connectivity index (χ1n) is 5.95. The van der Waals surface area contributed by atoms with Crippen LogP contribution in [0.2, 0.25) is 0 Å². The molecular weight excluding hydrogens is 202 g/mol. The molecule has 0 spiro atoms. The van der Waals surface area contributed by atoms with Crippen molar-refractivity contribution in [2.24, 2.45) is 5.41 Å². The van der Waals surface area contributed by atoms with E-state index in [1.807, 2.05) is 4.90 Å². The fourth-order valence-corrected chi connectivity index (χ4v) is 2.29. The number of aromatic nitrogens is 2. The summed E-state index contributed by atoms with van der Waals surface area (Å²) in [6.07, 6.45) is 5.75. The number of nitrogens with one attached hydrogen (secondary N) is 1. The van der Waals surface area contributed by atoms with Gasteiger partial charge in [-0.1, -0.05) is 6.92 Å². The second-order valence-electron chi connectivity index (χ2n) is 5.38. The molecule has 1 aliphatic carbocycles. The lowest BCUT2D eigenvalue weighted by atomic mass is 10.0. The van der Waals surface area contributed by atoms with Crippen molar-refractivity contribution < 1.29 is 4.79 Å². The molecule has 86 valence electrons. The molecule has 2 heterocycles. The van der Waals surface area contributed by atoms with Crippen LogP contribution in [-0.4, -0.2) is 27.3 Å². The van der Waals surface area contributed by atoms with Gasteiger partial charge in [0.2, 0.25) is 5.91 Å². The van der Waals surface area contributed by atoms with Crippen LogP contribution in [0, 0.1) is 5.41 Å². The van der Waals surface area contributed by atoms with Crippen molar-refractivity contribution in [3.8, 4) is 0 Å². The predicted molar refractivity (Wildman–Crippen MR) is 59.7 cm³/mol. The minimum Gasteiger partial charge on any atom is -0.347 e. The quantitative estimate of drug-likeness (QED) is 0.819. The average molecular weight is 219 g/mol. The van der Waals surface area contributed by atoms with Gasteiger partial charge in [0.05, 0.1) is 24.3 Å². The fraction of sp³-hybridized carbons (Fsp3) is 0.667. The number of nitrogens with zero attached hydrogens (tertiary/aromatic N) is 2. The number of amides is 1. The molecule has 3 rings (SSSR count). The molecule has 1 aromatic heterocycles. The van der Waals surface area contributed by atoms with Gasteiger partial charge in [-0.2, -0.15) is 0 Å². The first-order valence-corrected chi connectivity index (χ1v) is 5.95. The number of carbonyl (C=O) groups is 1. The van der Waals surface area contributed by atoms with Gasteiger partial charge >= 0.3 is 0 Å². The van der Waals surface area contributed by atoms with Crippen LogP contribution in [0.15, 0.2) is 6.33 Å². The van der Waals surface area contributed by atoms with E-state index in [0.717, 1.165) is 30.8 Å². The molecule has 1 fully saturated rings. The average Bonchev–Trinajstić information content (AvgIpc) is 2.82. The molecule has 0 radical (unpaired) electrons. The Morgan fingerprint density at radius 3 is 3.19 bits per heavy atom. The van der Waals surface area contributed by atoms with Gasteiger partial charge in [-0.05, 0) is 18.3 Å². The second-order valence-corrected chi connectivity index (χ2v) is 5.38. The Bertz CT molecular complexity index is 420. The molecule has 0 saturated heterocycles. The number of hydrogen-bond donors (Lipinski definition) is 1. The lowest BCUT2D eigenvalue weighted by Crippen LogP contribution is -2.36. The van der Waals surface area contributed by atoms with E-state index in [-0.39, 0.29) is 0 Å². The molecule has 4 nitrogen and oxygen atoms in total. The molecule has 16 heavy (non-hydrogen) atoms. The van der Waals surface area contributed by atoms with E-state index >= 15 is 0 Å². The van der Waals surface area contributed by atoms with Crippen molar-refractivity contribution in [3.63, 3.8) is 0 Å². The zero-order valence-corrected chi connectivity index (χ0v) is 9.62. The van der Waals surface area contributed by atoms with Crippen LogP contribution in [0.4, 0.5) is 0 Å². The van der Waals surface area contributed by atoms with Gasteiger partial charge in [-0.3, -0.25) is 4.79 Å². The molecule has 1 aromatic rings. The van der Waals surface area contributed by atoms with Gasteiger partial charge in [0.15, 0.2) is 0 Å². The minimum absolute atomic E-state index is 0.306. The molecule has 0 unspecified atom stereocenters. The maximum Gasteiger partial charge on any atom is 0.223 e. The number of carbonyl (C=O) groups excluding carboxylic acids is 1. The van der Waals surface area contributed by atoms with Crippen LogP contribution in [-0.2, 0) is 17.8 Å². The summed E-state index contributed by atoms with van der Waals surface area (Å²) in [5, 5.41) is 0. The Morgan fingerprint density at radius 2 is 2.44 bits per heavy atom. The van der Waals surface area contributed by atoms with Crippen molar-refractivity contribution in [2.75, 3.05) is 6.54 Å². The SMILES string of the molecule is CC1(CC(=O)N2CCc3nc[nH]c3C2)CC1. The number of imidazole rings is 1. The summed E-state index contributed by atoms with van der Waals surface area (Å²) in [6.45, 7) is 3.74. The van der Waals surface area contributed by atoms with Crippen LogP contribution in [0.25, 0.3) is 0 Å². The highest BCUT2D eigenvalue weighted by Crippen LogP contribution is 2.48. The van der Waals surface area contributed by atoms with E-state index in [1.54, 1.807) is 6.33 Å². The molecule has 0 bridgehead atoms. The zero-order chi connectivity index (χ0) is 11.2. The molecular formula is C12H17N3O. The van der Waals surface area contributed by atoms with E-state index < -0.39 is 0 Å². The van der Waals surface area contributed by atoms with Gasteiger partial charge < -0.3 is 9.88 Å². The summed E-state index contributed by atoms with van der Waals surface area (Å²) in [5.74, 6) is 0.306. The zero-order valence-electron chi connectivity index (χ0n) is 9.62. The molecule has 2 aliphatic rings. The molecule has 1 N–H and O–H groups in total. The molecule has 4 heteroatoms. The third kappa shape index (κ3) is 1.72. The first kappa shape index (κ1) is 9.87. The lowest BCUT2D eigenvalue weighted by molar-refractivity contribution is -0.133. The Kier molecular flexibility index (Phi) is 2.06. The van der Waals surface area contributed by atoms with Gasteiger partial charge in [0.25, 0.3) is 0 Å². The van der Waals surface area contributed by atoms with Crippen LogP contribution in [0.3, 0.4) is 0 Å².